The zero-order valence-corrected chi connectivity index (χ0v) is 19.3. The molecule has 9 heteroatoms. The number of hydrogen-bond donors (Lipinski definition) is 1. The topological polar surface area (TPSA) is 100 Å². The first-order valence-corrected chi connectivity index (χ1v) is 10.5. The minimum absolute atomic E-state index is 0.163. The summed E-state index contributed by atoms with van der Waals surface area (Å²) in [5, 5.41) is 3.20. The molecular formula is C25H22ClNO7. The average molecular weight is 484 g/mol. The Bertz CT molecular complexity index is 1160. The molecule has 0 aromatic heterocycles. The number of ether oxygens (including phenoxy) is 4. The molecule has 1 amide bonds. The molecule has 0 saturated carbocycles. The van der Waals surface area contributed by atoms with Crippen molar-refractivity contribution in [1.82, 2.24) is 0 Å². The highest BCUT2D eigenvalue weighted by Crippen LogP contribution is 2.28. The van der Waals surface area contributed by atoms with E-state index in [0.717, 1.165) is 0 Å². The van der Waals surface area contributed by atoms with Crippen molar-refractivity contribution in [3.05, 3.63) is 82.9 Å². The lowest BCUT2D eigenvalue weighted by molar-refractivity contribution is -0.118. The molecule has 0 unspecified atom stereocenters. The highest BCUT2D eigenvalue weighted by atomic mass is 35.5. The number of nitrogens with one attached hydrogen (secondary N) is 1. The molecule has 0 spiro atoms. The summed E-state index contributed by atoms with van der Waals surface area (Å²) in [5.41, 5.74) is 1.13. The summed E-state index contributed by atoms with van der Waals surface area (Å²) in [6.07, 6.45) is 0. The van der Waals surface area contributed by atoms with Gasteiger partial charge in [0.2, 0.25) is 0 Å². The van der Waals surface area contributed by atoms with Gasteiger partial charge in [0, 0.05) is 16.3 Å². The molecule has 0 heterocycles. The van der Waals surface area contributed by atoms with Crippen LogP contribution in [-0.4, -0.2) is 45.1 Å². The number of carbonyl (C=O) groups is 3. The summed E-state index contributed by atoms with van der Waals surface area (Å²) in [6.45, 7) is -0.700. The second kappa shape index (κ2) is 11.7. The summed E-state index contributed by atoms with van der Waals surface area (Å²) in [4.78, 5) is 36.7. The van der Waals surface area contributed by atoms with Crippen molar-refractivity contribution in [2.24, 2.45) is 0 Å². The number of ketones is 1. The van der Waals surface area contributed by atoms with Gasteiger partial charge in [-0.1, -0.05) is 11.6 Å². The van der Waals surface area contributed by atoms with Gasteiger partial charge in [-0.15, -0.1) is 0 Å². The van der Waals surface area contributed by atoms with E-state index < -0.39 is 12.6 Å². The van der Waals surface area contributed by atoms with E-state index in [4.69, 9.17) is 30.5 Å². The van der Waals surface area contributed by atoms with Crippen molar-refractivity contribution in [1.29, 1.82) is 0 Å². The van der Waals surface area contributed by atoms with Crippen molar-refractivity contribution in [3.63, 3.8) is 0 Å². The third kappa shape index (κ3) is 6.73. The van der Waals surface area contributed by atoms with Crippen LogP contribution in [0.15, 0.2) is 66.7 Å². The number of esters is 1. The van der Waals surface area contributed by atoms with E-state index in [1.54, 1.807) is 55.6 Å². The average Bonchev–Trinajstić information content (AvgIpc) is 2.86. The van der Waals surface area contributed by atoms with Gasteiger partial charge in [-0.25, -0.2) is 4.79 Å². The highest BCUT2D eigenvalue weighted by molar-refractivity contribution is 6.30. The third-order valence-corrected chi connectivity index (χ3v) is 4.88. The maximum absolute atomic E-state index is 12.4. The van der Waals surface area contributed by atoms with Gasteiger partial charge in [-0.3, -0.25) is 9.59 Å². The summed E-state index contributed by atoms with van der Waals surface area (Å²) in [6, 6.07) is 17.5. The Morgan fingerprint density at radius 2 is 1.47 bits per heavy atom. The van der Waals surface area contributed by atoms with Crippen LogP contribution in [-0.2, 0) is 9.53 Å². The van der Waals surface area contributed by atoms with Gasteiger partial charge >= 0.3 is 5.97 Å². The summed E-state index contributed by atoms with van der Waals surface area (Å²) < 4.78 is 21.0. The lowest BCUT2D eigenvalue weighted by Gasteiger charge is -2.12. The minimum Gasteiger partial charge on any atom is -0.497 e. The standard InChI is InChI=1S/C25H22ClNO7/c1-31-20-10-8-19(9-11-20)27-24(29)15-33-22-12-5-17(13-23(22)32-2)25(30)34-14-21(28)16-3-6-18(26)7-4-16/h3-13H,14-15H2,1-2H3,(H,27,29). The van der Waals surface area contributed by atoms with Crippen molar-refractivity contribution in [3.8, 4) is 17.2 Å². The Hall–Kier alpha value is -4.04. The molecule has 8 nitrogen and oxygen atoms in total. The van der Waals surface area contributed by atoms with Crippen LogP contribution in [0.3, 0.4) is 0 Å². The smallest absolute Gasteiger partial charge is 0.338 e. The fraction of sp³-hybridized carbons (Fsp3) is 0.160. The van der Waals surface area contributed by atoms with Crippen molar-refractivity contribution >= 4 is 34.9 Å². The van der Waals surface area contributed by atoms with E-state index in [0.29, 0.717) is 22.0 Å². The van der Waals surface area contributed by atoms with Crippen LogP contribution in [0.2, 0.25) is 5.02 Å². The maximum Gasteiger partial charge on any atom is 0.338 e. The summed E-state index contributed by atoms with van der Waals surface area (Å²) in [5.74, 6) is -0.274. The number of carbonyl (C=O) groups excluding carboxylic acids is 3. The monoisotopic (exact) mass is 483 g/mol. The van der Waals surface area contributed by atoms with Crippen LogP contribution in [0.1, 0.15) is 20.7 Å². The molecule has 0 bridgehead atoms. The molecule has 1 N–H and O–H groups in total. The van der Waals surface area contributed by atoms with Crippen LogP contribution >= 0.6 is 11.6 Å². The highest BCUT2D eigenvalue weighted by Gasteiger charge is 2.16. The minimum atomic E-state index is -0.704. The molecule has 3 aromatic rings. The first-order chi connectivity index (χ1) is 16.4. The number of Topliss-reactive ketones (excluding diaryl/α,β-unsaturated/α-hetero) is 1. The second-order valence-electron chi connectivity index (χ2n) is 6.94. The van der Waals surface area contributed by atoms with E-state index in [2.05, 4.69) is 5.32 Å². The number of rotatable bonds is 10. The lowest BCUT2D eigenvalue weighted by Crippen LogP contribution is -2.20. The Morgan fingerprint density at radius 3 is 2.12 bits per heavy atom. The molecule has 0 fully saturated rings. The lowest BCUT2D eigenvalue weighted by atomic mass is 10.1. The molecule has 0 saturated heterocycles. The molecule has 3 rings (SSSR count). The van der Waals surface area contributed by atoms with E-state index in [9.17, 15) is 14.4 Å². The zero-order valence-electron chi connectivity index (χ0n) is 18.5. The summed E-state index contributed by atoms with van der Waals surface area (Å²) >= 11 is 5.81. The maximum atomic E-state index is 12.4. The predicted octanol–water partition coefficient (Wildman–Crippen LogP) is 4.41. The van der Waals surface area contributed by atoms with Gasteiger partial charge in [-0.05, 0) is 66.7 Å². The predicted molar refractivity (Wildman–Crippen MR) is 126 cm³/mol. The normalized spacial score (nSPS) is 10.2. The van der Waals surface area contributed by atoms with Gasteiger partial charge < -0.3 is 24.3 Å². The SMILES string of the molecule is COc1ccc(NC(=O)COc2ccc(C(=O)OCC(=O)c3ccc(Cl)cc3)cc2OC)cc1. The Morgan fingerprint density at radius 1 is 0.794 bits per heavy atom. The molecule has 0 aliphatic carbocycles. The number of hydrogen-bond acceptors (Lipinski definition) is 7. The van der Waals surface area contributed by atoms with Gasteiger partial charge in [0.15, 0.2) is 30.5 Å². The largest absolute Gasteiger partial charge is 0.497 e. The first kappa shape index (κ1) is 24.6. The van der Waals surface area contributed by atoms with Gasteiger partial charge in [0.05, 0.1) is 19.8 Å². The van der Waals surface area contributed by atoms with Crippen LogP contribution < -0.4 is 19.5 Å². The zero-order chi connectivity index (χ0) is 24.5. The van der Waals surface area contributed by atoms with E-state index in [-0.39, 0.29) is 35.4 Å². The number of anilines is 1. The molecule has 176 valence electrons. The van der Waals surface area contributed by atoms with Gasteiger partial charge in [0.25, 0.3) is 5.91 Å². The fourth-order valence-corrected chi connectivity index (χ4v) is 2.99. The molecule has 0 atom stereocenters. The van der Waals surface area contributed by atoms with Crippen molar-refractivity contribution in [2.75, 3.05) is 32.8 Å². The van der Waals surface area contributed by atoms with E-state index >= 15 is 0 Å². The molecule has 3 aromatic carbocycles. The van der Waals surface area contributed by atoms with Crippen LogP contribution in [0, 0.1) is 0 Å². The van der Waals surface area contributed by atoms with Gasteiger partial charge in [0.1, 0.15) is 5.75 Å². The molecule has 34 heavy (non-hydrogen) atoms. The fourth-order valence-electron chi connectivity index (χ4n) is 2.86. The van der Waals surface area contributed by atoms with Crippen molar-refractivity contribution in [2.45, 2.75) is 0 Å². The van der Waals surface area contributed by atoms with E-state index in [1.807, 2.05) is 0 Å². The van der Waals surface area contributed by atoms with E-state index in [1.165, 1.54) is 25.3 Å². The molecular weight excluding hydrogens is 462 g/mol. The number of methoxy groups -OCH3 is 2. The number of benzene rings is 3. The molecule has 0 aliphatic rings. The van der Waals surface area contributed by atoms with Crippen molar-refractivity contribution < 1.29 is 33.3 Å². The molecule has 0 radical (unpaired) electrons. The molecule has 0 aliphatic heterocycles. The Kier molecular flexibility index (Phi) is 8.48. The quantitative estimate of drug-likeness (QED) is 0.336. The third-order valence-electron chi connectivity index (χ3n) is 4.63. The first-order valence-electron chi connectivity index (χ1n) is 10.1. The second-order valence-corrected chi connectivity index (χ2v) is 7.37. The Labute approximate surface area is 201 Å². The summed E-state index contributed by atoms with van der Waals surface area (Å²) in [7, 11) is 2.96. The van der Waals surface area contributed by atoms with Gasteiger partial charge in [-0.2, -0.15) is 0 Å². The number of amides is 1. The van der Waals surface area contributed by atoms with Crippen LogP contribution in [0.4, 0.5) is 5.69 Å². The van der Waals surface area contributed by atoms with Crippen LogP contribution in [0.5, 0.6) is 17.2 Å². The Balaban J connectivity index is 1.55. The van der Waals surface area contributed by atoms with Crippen LogP contribution in [0.25, 0.3) is 0 Å². The number of halogens is 1.